The molecule has 0 N–H and O–H groups in total. The summed E-state index contributed by atoms with van der Waals surface area (Å²) in [4.78, 5) is 5.09. The number of nitrogens with zero attached hydrogens (tertiary/aromatic N) is 3. The Bertz CT molecular complexity index is 2260. The molecular formula is C62H85N3O. The minimum absolute atomic E-state index is 0.679. The lowest BCUT2D eigenvalue weighted by Crippen LogP contribution is -1.99. The highest BCUT2D eigenvalue weighted by Crippen LogP contribution is 2.32. The van der Waals surface area contributed by atoms with Gasteiger partial charge < -0.3 is 4.42 Å². The summed E-state index contributed by atoms with van der Waals surface area (Å²) in [6.07, 6.45) is 40.9. The van der Waals surface area contributed by atoms with Gasteiger partial charge in [0.25, 0.3) is 0 Å². The Morgan fingerprint density at radius 2 is 0.924 bits per heavy atom. The maximum atomic E-state index is 6.51. The Hall–Kier alpha value is -4.70. The second-order valence-corrected chi connectivity index (χ2v) is 19.4. The Kier molecular flexibility index (Phi) is 22.4. The molecule has 0 saturated carbocycles. The molecule has 4 nitrogen and oxygen atoms in total. The lowest BCUT2D eigenvalue weighted by Gasteiger charge is -2.09. The molecule has 354 valence electrons. The average Bonchev–Trinajstić information content (AvgIpc) is 3.99. The van der Waals surface area contributed by atoms with Gasteiger partial charge in [-0.15, -0.1) is 0 Å². The normalized spacial score (nSPS) is 11.8. The first-order chi connectivity index (χ1) is 32.6. The van der Waals surface area contributed by atoms with Gasteiger partial charge in [0, 0.05) is 11.1 Å². The van der Waals surface area contributed by atoms with Gasteiger partial charge >= 0.3 is 0 Å². The minimum Gasteiger partial charge on any atom is -0.436 e. The fourth-order valence-electron chi connectivity index (χ4n) is 9.45. The van der Waals surface area contributed by atoms with Gasteiger partial charge in [0.2, 0.25) is 5.89 Å². The van der Waals surface area contributed by atoms with Gasteiger partial charge in [0.15, 0.2) is 5.58 Å². The van der Waals surface area contributed by atoms with Gasteiger partial charge in [-0.3, -0.25) is 0 Å². The first kappa shape index (κ1) is 50.7. The SMILES string of the molecule is CCCCCCCCCCCCc1ccc(C=Cc2cc(-c3ccc(CCCCCCCCCCCC)cc3)n(-c3ccc(-c4nc5c(CCCC)cc(CCCC)cc5o4)cc3)n2)cc1. The fraction of sp³-hybridized carbons (Fsp3) is 0.516. The molecule has 0 aliphatic carbocycles. The van der Waals surface area contributed by atoms with E-state index >= 15 is 0 Å². The molecule has 0 unspecified atom stereocenters. The van der Waals surface area contributed by atoms with Crippen LogP contribution in [0.25, 0.3) is 51.7 Å². The van der Waals surface area contributed by atoms with Crippen LogP contribution in [0.2, 0.25) is 0 Å². The molecule has 0 atom stereocenters. The van der Waals surface area contributed by atoms with Crippen LogP contribution >= 0.6 is 0 Å². The summed E-state index contributed by atoms with van der Waals surface area (Å²) >= 11 is 0. The molecule has 0 fully saturated rings. The smallest absolute Gasteiger partial charge is 0.227 e. The molecule has 6 aromatic rings. The molecule has 0 aliphatic heterocycles. The minimum atomic E-state index is 0.679. The molecule has 0 aliphatic rings. The van der Waals surface area contributed by atoms with Crippen molar-refractivity contribution in [2.45, 2.75) is 207 Å². The van der Waals surface area contributed by atoms with Crippen LogP contribution in [0.15, 0.2) is 95.4 Å². The molecule has 6 rings (SSSR count). The van der Waals surface area contributed by atoms with E-state index in [2.05, 4.69) is 136 Å². The second-order valence-electron chi connectivity index (χ2n) is 19.4. The highest BCUT2D eigenvalue weighted by atomic mass is 16.3. The van der Waals surface area contributed by atoms with Crippen LogP contribution in [0.4, 0.5) is 0 Å². The number of unbranched alkanes of at least 4 members (excludes halogenated alkanes) is 20. The van der Waals surface area contributed by atoms with Crippen LogP contribution in [0.5, 0.6) is 0 Å². The lowest BCUT2D eigenvalue weighted by molar-refractivity contribution is 0.556. The van der Waals surface area contributed by atoms with Gasteiger partial charge in [0.05, 0.1) is 17.1 Å². The van der Waals surface area contributed by atoms with Gasteiger partial charge in [-0.25, -0.2) is 9.67 Å². The summed E-state index contributed by atoms with van der Waals surface area (Å²) in [6, 6.07) is 33.8. The van der Waals surface area contributed by atoms with Gasteiger partial charge in [-0.1, -0.05) is 217 Å². The topological polar surface area (TPSA) is 43.9 Å². The van der Waals surface area contributed by atoms with Crippen LogP contribution in [0.1, 0.15) is 215 Å². The van der Waals surface area contributed by atoms with Crippen LogP contribution in [-0.4, -0.2) is 14.8 Å². The van der Waals surface area contributed by atoms with Crippen molar-refractivity contribution < 1.29 is 4.42 Å². The third-order valence-corrected chi connectivity index (χ3v) is 13.7. The number of aryl methyl sites for hydroxylation is 4. The Labute approximate surface area is 401 Å². The van der Waals surface area contributed by atoms with E-state index in [0.717, 1.165) is 72.3 Å². The summed E-state index contributed by atoms with van der Waals surface area (Å²) in [5, 5.41) is 5.21. The van der Waals surface area contributed by atoms with Gasteiger partial charge in [-0.05, 0) is 122 Å². The number of fused-ring (bicyclic) bond motifs is 1. The van der Waals surface area contributed by atoms with E-state index in [1.54, 1.807) is 0 Å². The van der Waals surface area contributed by atoms with Gasteiger partial charge in [0.1, 0.15) is 5.52 Å². The van der Waals surface area contributed by atoms with Crippen molar-refractivity contribution in [3.05, 3.63) is 125 Å². The van der Waals surface area contributed by atoms with Crippen molar-refractivity contribution in [1.82, 2.24) is 14.8 Å². The largest absolute Gasteiger partial charge is 0.436 e. The Morgan fingerprint density at radius 3 is 1.48 bits per heavy atom. The van der Waals surface area contributed by atoms with E-state index in [4.69, 9.17) is 14.5 Å². The highest BCUT2D eigenvalue weighted by molar-refractivity contribution is 5.81. The third kappa shape index (κ3) is 16.6. The van der Waals surface area contributed by atoms with Gasteiger partial charge in [-0.2, -0.15) is 5.10 Å². The molecule has 0 saturated heterocycles. The summed E-state index contributed by atoms with van der Waals surface area (Å²) in [5.74, 6) is 0.679. The zero-order chi connectivity index (χ0) is 46.0. The molecule has 2 aromatic heterocycles. The molecule has 0 amide bonds. The Balaban J connectivity index is 1.13. The summed E-state index contributed by atoms with van der Waals surface area (Å²) in [5.41, 5.74) is 13.8. The first-order valence-electron chi connectivity index (χ1n) is 27.1. The van der Waals surface area contributed by atoms with Crippen LogP contribution in [0.3, 0.4) is 0 Å². The van der Waals surface area contributed by atoms with E-state index in [0.29, 0.717) is 5.89 Å². The van der Waals surface area contributed by atoms with Crippen molar-refractivity contribution in [3.63, 3.8) is 0 Å². The molecule has 2 heterocycles. The van der Waals surface area contributed by atoms with E-state index < -0.39 is 0 Å². The molecule has 4 aromatic carbocycles. The lowest BCUT2D eigenvalue weighted by atomic mass is 10.0. The molecule has 0 radical (unpaired) electrons. The van der Waals surface area contributed by atoms with Crippen molar-refractivity contribution in [1.29, 1.82) is 0 Å². The van der Waals surface area contributed by atoms with Crippen LogP contribution < -0.4 is 0 Å². The zero-order valence-corrected chi connectivity index (χ0v) is 41.9. The fourth-order valence-corrected chi connectivity index (χ4v) is 9.45. The zero-order valence-electron chi connectivity index (χ0n) is 41.9. The monoisotopic (exact) mass is 888 g/mol. The number of benzene rings is 4. The molecular weight excluding hydrogens is 803 g/mol. The van der Waals surface area contributed by atoms with E-state index in [9.17, 15) is 0 Å². The quantitative estimate of drug-likeness (QED) is 0.0387. The number of hydrogen-bond acceptors (Lipinski definition) is 3. The van der Waals surface area contributed by atoms with E-state index in [-0.39, 0.29) is 0 Å². The van der Waals surface area contributed by atoms with E-state index in [1.807, 2.05) is 0 Å². The number of aromatic nitrogens is 3. The number of hydrogen-bond donors (Lipinski definition) is 0. The molecule has 0 bridgehead atoms. The number of oxazole rings is 1. The van der Waals surface area contributed by atoms with Crippen molar-refractivity contribution in [3.8, 4) is 28.4 Å². The predicted molar refractivity (Wildman–Crippen MR) is 286 cm³/mol. The number of rotatable bonds is 33. The summed E-state index contributed by atoms with van der Waals surface area (Å²) < 4.78 is 8.61. The summed E-state index contributed by atoms with van der Waals surface area (Å²) in [6.45, 7) is 9.10. The van der Waals surface area contributed by atoms with Crippen molar-refractivity contribution in [2.75, 3.05) is 0 Å². The summed E-state index contributed by atoms with van der Waals surface area (Å²) in [7, 11) is 0. The second kappa shape index (κ2) is 29.1. The average molecular weight is 888 g/mol. The molecule has 4 heteroatoms. The molecule has 0 spiro atoms. The standard InChI is InChI=1S/C62H85N3O/c1-5-9-13-15-17-19-21-23-25-27-30-50-33-35-52(36-34-50)39-44-57-49-59(54-40-37-51(38-41-54)31-28-26-24-22-20-18-16-14-10-6-2)65(64-57)58-45-42-55(43-46-58)62-63-61-56(32-12-8-4)47-53(29-11-7-3)48-60(61)66-62/h33-49H,5-32H2,1-4H3. The third-order valence-electron chi connectivity index (χ3n) is 13.7. The van der Waals surface area contributed by atoms with Crippen molar-refractivity contribution >= 4 is 23.3 Å². The van der Waals surface area contributed by atoms with Crippen LogP contribution in [0, 0.1) is 0 Å². The molecule has 66 heavy (non-hydrogen) atoms. The maximum absolute atomic E-state index is 6.51. The first-order valence-corrected chi connectivity index (χ1v) is 27.1. The van der Waals surface area contributed by atoms with Crippen molar-refractivity contribution in [2.24, 2.45) is 0 Å². The highest BCUT2D eigenvalue weighted by Gasteiger charge is 2.16. The Morgan fingerprint density at radius 1 is 0.439 bits per heavy atom. The maximum Gasteiger partial charge on any atom is 0.227 e. The predicted octanol–water partition coefficient (Wildman–Crippen LogP) is 19.1. The van der Waals surface area contributed by atoms with E-state index in [1.165, 1.54) is 175 Å². The van der Waals surface area contributed by atoms with Crippen LogP contribution in [-0.2, 0) is 25.7 Å².